The molecule has 2 aromatic rings. The second-order valence-corrected chi connectivity index (χ2v) is 9.89. The minimum Gasteiger partial charge on any atom is -0.497 e. The van der Waals surface area contributed by atoms with Crippen LogP contribution in [-0.4, -0.2) is 47.2 Å². The molecule has 1 aliphatic carbocycles. The summed E-state index contributed by atoms with van der Waals surface area (Å²) in [6, 6.07) is 8.26. The fourth-order valence-electron chi connectivity index (χ4n) is 5.42. The minimum atomic E-state index is -0.117. The molecule has 0 bridgehead atoms. The summed E-state index contributed by atoms with van der Waals surface area (Å²) in [5.74, 6) is 1.44. The number of benzene rings is 1. The Morgan fingerprint density at radius 3 is 2.75 bits per heavy atom. The quantitative estimate of drug-likeness (QED) is 0.611. The number of methoxy groups -OCH3 is 1. The van der Waals surface area contributed by atoms with Gasteiger partial charge < -0.3 is 15.0 Å². The van der Waals surface area contributed by atoms with Gasteiger partial charge in [-0.15, -0.1) is 0 Å². The number of amides is 1. The molecule has 0 radical (unpaired) electrons. The normalized spacial score (nSPS) is 21.5. The number of nitrogens with one attached hydrogen (secondary N) is 2. The Bertz CT molecular complexity index is 939. The van der Waals surface area contributed by atoms with Crippen LogP contribution in [-0.2, 0) is 4.79 Å². The molecule has 1 unspecified atom stereocenters. The highest BCUT2D eigenvalue weighted by Gasteiger charge is 2.50. The number of carbonyl (C=O) groups is 1. The van der Waals surface area contributed by atoms with Gasteiger partial charge in [-0.05, 0) is 63.5 Å². The highest BCUT2D eigenvalue weighted by Crippen LogP contribution is 2.38. The van der Waals surface area contributed by atoms with Gasteiger partial charge in [0, 0.05) is 30.2 Å². The molecule has 1 saturated carbocycles. The average Bonchev–Trinajstić information content (AvgIpc) is 3.05. The molecule has 6 nitrogen and oxygen atoms in total. The molecule has 2 fully saturated rings. The summed E-state index contributed by atoms with van der Waals surface area (Å²) >= 11 is 0. The number of rotatable bonds is 8. The molecule has 2 heterocycles. The van der Waals surface area contributed by atoms with Gasteiger partial charge in [0.15, 0.2) is 0 Å². The van der Waals surface area contributed by atoms with Crippen LogP contribution in [0.5, 0.6) is 5.75 Å². The molecule has 1 amide bonds. The van der Waals surface area contributed by atoms with Crippen LogP contribution in [0.1, 0.15) is 65.7 Å². The van der Waals surface area contributed by atoms with E-state index in [2.05, 4.69) is 47.4 Å². The molecule has 1 aromatic carbocycles. The Kier molecular flexibility index (Phi) is 6.89. The lowest BCUT2D eigenvalue weighted by atomic mass is 9.88. The highest BCUT2D eigenvalue weighted by molar-refractivity contribution is 5.92. The Morgan fingerprint density at radius 1 is 1.25 bits per heavy atom. The third-order valence-electron chi connectivity index (χ3n) is 7.16. The van der Waals surface area contributed by atoms with Crippen molar-refractivity contribution in [2.75, 3.05) is 19.0 Å². The highest BCUT2D eigenvalue weighted by atomic mass is 16.5. The van der Waals surface area contributed by atoms with E-state index in [1.54, 1.807) is 7.11 Å². The molecule has 4 rings (SSSR count). The summed E-state index contributed by atoms with van der Waals surface area (Å²) in [6.45, 7) is 7.31. The van der Waals surface area contributed by atoms with Gasteiger partial charge >= 0.3 is 0 Å². The van der Waals surface area contributed by atoms with Gasteiger partial charge in [0.2, 0.25) is 5.91 Å². The van der Waals surface area contributed by atoms with E-state index in [0.29, 0.717) is 11.8 Å². The second-order valence-electron chi connectivity index (χ2n) is 9.89. The van der Waals surface area contributed by atoms with E-state index < -0.39 is 0 Å². The Hall–Kier alpha value is -2.34. The van der Waals surface area contributed by atoms with Crippen LogP contribution >= 0.6 is 0 Å². The summed E-state index contributed by atoms with van der Waals surface area (Å²) in [7, 11) is 1.69. The molecule has 1 aliphatic heterocycles. The fraction of sp³-hybridized carbons (Fsp3) is 0.615. The Balaban J connectivity index is 1.41. The maximum absolute atomic E-state index is 13.2. The first-order valence-corrected chi connectivity index (χ1v) is 12.2. The number of nitrogens with zero attached hydrogens (tertiary/aromatic N) is 2. The van der Waals surface area contributed by atoms with Crippen molar-refractivity contribution in [2.45, 2.75) is 83.5 Å². The van der Waals surface area contributed by atoms with Crippen LogP contribution in [0, 0.1) is 5.92 Å². The molecule has 2 N–H and O–H groups in total. The molecular weight excluding hydrogens is 400 g/mol. The topological polar surface area (TPSA) is 66.5 Å². The van der Waals surface area contributed by atoms with Gasteiger partial charge in [-0.3, -0.25) is 15.1 Å². The maximum Gasteiger partial charge on any atom is 0.241 e. The van der Waals surface area contributed by atoms with Crippen LogP contribution in [0.4, 0.5) is 5.69 Å². The van der Waals surface area contributed by atoms with Crippen molar-refractivity contribution in [1.29, 1.82) is 0 Å². The monoisotopic (exact) mass is 438 g/mol. The molecule has 32 heavy (non-hydrogen) atoms. The molecular formula is C26H38N4O2. The zero-order valence-corrected chi connectivity index (χ0v) is 20.0. The number of anilines is 1. The van der Waals surface area contributed by atoms with Crippen molar-refractivity contribution >= 4 is 22.5 Å². The summed E-state index contributed by atoms with van der Waals surface area (Å²) in [5.41, 5.74) is 1.84. The first-order valence-electron chi connectivity index (χ1n) is 12.2. The number of carbonyl (C=O) groups excluding carboxylic acids is 1. The van der Waals surface area contributed by atoms with Crippen molar-refractivity contribution in [3.8, 4) is 5.75 Å². The lowest BCUT2D eigenvalue weighted by molar-refractivity contribution is -0.133. The lowest BCUT2D eigenvalue weighted by Crippen LogP contribution is -2.54. The zero-order chi connectivity index (χ0) is 22.7. The van der Waals surface area contributed by atoms with Crippen LogP contribution in [0.25, 0.3) is 10.9 Å². The Morgan fingerprint density at radius 2 is 2.03 bits per heavy atom. The number of aromatic nitrogens is 1. The average molecular weight is 439 g/mol. The maximum atomic E-state index is 13.2. The Labute approximate surface area is 192 Å². The van der Waals surface area contributed by atoms with Crippen molar-refractivity contribution in [3.05, 3.63) is 30.5 Å². The summed E-state index contributed by atoms with van der Waals surface area (Å²) in [6.07, 6.45) is 9.63. The van der Waals surface area contributed by atoms with E-state index in [1.165, 1.54) is 19.3 Å². The summed E-state index contributed by atoms with van der Waals surface area (Å²) in [5, 5.41) is 8.45. The number of fused-ring (bicyclic) bond motifs is 1. The van der Waals surface area contributed by atoms with Crippen molar-refractivity contribution in [2.24, 2.45) is 5.92 Å². The van der Waals surface area contributed by atoms with Gasteiger partial charge in [-0.2, -0.15) is 0 Å². The fourth-order valence-corrected chi connectivity index (χ4v) is 5.42. The largest absolute Gasteiger partial charge is 0.497 e. The standard InChI is InChI=1S/C26H38N4O2/c1-18(2)23-25(31)30(26(29-23)12-6-5-7-13-26)15-9-10-19(3)28-22-17-21(32-4)16-20-11-8-14-27-24(20)22/h8,11,14,16-19,23,28-29H,5-7,9-10,12-13,15H2,1-4H3/t19?,23-/m1/s1. The lowest BCUT2D eigenvalue weighted by Gasteiger charge is -2.41. The van der Waals surface area contributed by atoms with E-state index in [4.69, 9.17) is 4.74 Å². The molecule has 2 atom stereocenters. The summed E-state index contributed by atoms with van der Waals surface area (Å²) in [4.78, 5) is 20.0. The molecule has 1 aromatic heterocycles. The van der Waals surface area contributed by atoms with Crippen molar-refractivity contribution in [1.82, 2.24) is 15.2 Å². The zero-order valence-electron chi connectivity index (χ0n) is 20.0. The SMILES string of the molecule is COc1cc(NC(C)CCCN2C(=O)[C@@H](C(C)C)NC23CCCCC3)c2ncccc2c1. The van der Waals surface area contributed by atoms with Crippen LogP contribution in [0.15, 0.2) is 30.5 Å². The third-order valence-corrected chi connectivity index (χ3v) is 7.16. The molecule has 174 valence electrons. The first-order chi connectivity index (χ1) is 15.4. The van der Waals surface area contributed by atoms with Crippen molar-refractivity contribution < 1.29 is 9.53 Å². The number of hydrogen-bond acceptors (Lipinski definition) is 5. The predicted molar refractivity (Wildman–Crippen MR) is 130 cm³/mol. The van der Waals surface area contributed by atoms with Gasteiger partial charge in [-0.25, -0.2) is 0 Å². The number of ether oxygens (including phenoxy) is 1. The number of pyridine rings is 1. The molecule has 2 aliphatic rings. The molecule has 1 spiro atoms. The van der Waals surface area contributed by atoms with Gasteiger partial charge in [0.25, 0.3) is 0 Å². The third kappa shape index (κ3) is 4.56. The van der Waals surface area contributed by atoms with E-state index >= 15 is 0 Å². The molecule has 1 saturated heterocycles. The predicted octanol–water partition coefficient (Wildman–Crippen LogP) is 4.94. The van der Waals surface area contributed by atoms with Gasteiger partial charge in [-0.1, -0.05) is 26.3 Å². The van der Waals surface area contributed by atoms with Gasteiger partial charge in [0.1, 0.15) is 5.75 Å². The molecule has 6 heteroatoms. The van der Waals surface area contributed by atoms with Crippen LogP contribution in [0.3, 0.4) is 0 Å². The van der Waals surface area contributed by atoms with E-state index in [0.717, 1.165) is 54.6 Å². The first kappa shape index (κ1) is 22.8. The van der Waals surface area contributed by atoms with Gasteiger partial charge in [0.05, 0.1) is 30.0 Å². The minimum absolute atomic E-state index is 0.0436. The number of hydrogen-bond donors (Lipinski definition) is 2. The second kappa shape index (κ2) is 9.65. The smallest absolute Gasteiger partial charge is 0.241 e. The summed E-state index contributed by atoms with van der Waals surface area (Å²) < 4.78 is 5.48. The van der Waals surface area contributed by atoms with Crippen molar-refractivity contribution in [3.63, 3.8) is 0 Å². The van der Waals surface area contributed by atoms with E-state index in [-0.39, 0.29) is 17.7 Å². The van der Waals surface area contributed by atoms with Crippen LogP contribution < -0.4 is 15.4 Å². The van der Waals surface area contributed by atoms with Crippen LogP contribution in [0.2, 0.25) is 0 Å². The van der Waals surface area contributed by atoms with E-state index in [1.807, 2.05) is 24.4 Å². The van der Waals surface area contributed by atoms with E-state index in [9.17, 15) is 4.79 Å².